The maximum Gasteiger partial charge on any atom is 0.328 e. The molecule has 0 fully saturated rings. The second kappa shape index (κ2) is 6.43. The predicted molar refractivity (Wildman–Crippen MR) is 76.2 cm³/mol. The van der Waals surface area contributed by atoms with Crippen molar-refractivity contribution in [2.75, 3.05) is 7.11 Å². The molecule has 0 spiro atoms. The summed E-state index contributed by atoms with van der Waals surface area (Å²) in [5.41, 5.74) is 0.791. The number of aliphatic carboxylic acids is 1. The molecule has 0 aromatic heterocycles. The summed E-state index contributed by atoms with van der Waals surface area (Å²) in [4.78, 5) is 10.4. The first kappa shape index (κ1) is 13.7. The first-order valence-electron chi connectivity index (χ1n) is 6.01. The number of methoxy groups -OCH3 is 1. The minimum atomic E-state index is -0.973. The Morgan fingerprint density at radius 2 is 1.70 bits per heavy atom. The van der Waals surface area contributed by atoms with Crippen LogP contribution >= 0.6 is 0 Å². The Balaban J connectivity index is 2.13. The van der Waals surface area contributed by atoms with Gasteiger partial charge in [0.05, 0.1) is 7.11 Å². The second-order valence-electron chi connectivity index (χ2n) is 3.99. The van der Waals surface area contributed by atoms with Crippen molar-refractivity contribution in [2.24, 2.45) is 0 Å². The van der Waals surface area contributed by atoms with Gasteiger partial charge in [-0.1, -0.05) is 24.3 Å². The van der Waals surface area contributed by atoms with E-state index in [4.69, 9.17) is 14.6 Å². The summed E-state index contributed by atoms with van der Waals surface area (Å²) < 4.78 is 10.9. The molecule has 102 valence electrons. The van der Waals surface area contributed by atoms with Gasteiger partial charge in [-0.15, -0.1) is 0 Å². The van der Waals surface area contributed by atoms with Crippen molar-refractivity contribution < 1.29 is 19.4 Å². The molecule has 0 radical (unpaired) electrons. The van der Waals surface area contributed by atoms with E-state index in [-0.39, 0.29) is 0 Å². The van der Waals surface area contributed by atoms with Gasteiger partial charge < -0.3 is 14.6 Å². The molecule has 0 aliphatic carbocycles. The Kier molecular flexibility index (Phi) is 4.39. The summed E-state index contributed by atoms with van der Waals surface area (Å²) in [7, 11) is 1.59. The van der Waals surface area contributed by atoms with Crippen molar-refractivity contribution in [1.82, 2.24) is 0 Å². The number of benzene rings is 2. The van der Waals surface area contributed by atoms with Gasteiger partial charge in [0.15, 0.2) is 11.5 Å². The molecular formula is C16H14O4. The molecule has 0 unspecified atom stereocenters. The number of hydrogen-bond donors (Lipinski definition) is 1. The van der Waals surface area contributed by atoms with Crippen molar-refractivity contribution in [2.45, 2.75) is 0 Å². The Bertz CT molecular complexity index is 615. The molecule has 1 N–H and O–H groups in total. The van der Waals surface area contributed by atoms with Gasteiger partial charge in [-0.05, 0) is 35.9 Å². The van der Waals surface area contributed by atoms with Crippen molar-refractivity contribution >= 4 is 12.0 Å². The molecule has 0 aliphatic rings. The Morgan fingerprint density at radius 1 is 1.05 bits per heavy atom. The monoisotopic (exact) mass is 270 g/mol. The molecule has 0 aliphatic heterocycles. The van der Waals surface area contributed by atoms with E-state index in [1.807, 2.05) is 24.3 Å². The standard InChI is InChI=1S/C16H14O4/c1-19-14-4-2-3-5-15(14)20-13-9-6-12(7-10-13)8-11-16(17)18/h2-11H,1H3,(H,17,18)/b11-8+. The highest BCUT2D eigenvalue weighted by Crippen LogP contribution is 2.30. The summed E-state index contributed by atoms with van der Waals surface area (Å²) >= 11 is 0. The molecule has 0 atom stereocenters. The topological polar surface area (TPSA) is 55.8 Å². The molecule has 0 bridgehead atoms. The van der Waals surface area contributed by atoms with E-state index >= 15 is 0 Å². The fourth-order valence-electron chi connectivity index (χ4n) is 1.64. The van der Waals surface area contributed by atoms with Gasteiger partial charge in [0.1, 0.15) is 5.75 Å². The normalized spacial score (nSPS) is 10.4. The van der Waals surface area contributed by atoms with E-state index in [0.717, 1.165) is 11.6 Å². The Hall–Kier alpha value is -2.75. The van der Waals surface area contributed by atoms with Crippen molar-refractivity contribution in [1.29, 1.82) is 0 Å². The van der Waals surface area contributed by atoms with Crippen LogP contribution in [0.15, 0.2) is 54.6 Å². The molecule has 2 aromatic carbocycles. The first-order chi connectivity index (χ1) is 9.69. The highest BCUT2D eigenvalue weighted by atomic mass is 16.5. The van der Waals surface area contributed by atoms with Crippen LogP contribution in [0.25, 0.3) is 6.08 Å². The number of carbonyl (C=O) groups is 1. The average Bonchev–Trinajstić information content (AvgIpc) is 2.47. The molecule has 0 saturated heterocycles. The molecule has 0 amide bonds. The van der Waals surface area contributed by atoms with Gasteiger partial charge >= 0.3 is 5.97 Å². The van der Waals surface area contributed by atoms with Crippen LogP contribution in [0.4, 0.5) is 0 Å². The van der Waals surface area contributed by atoms with Crippen molar-refractivity contribution in [3.8, 4) is 17.2 Å². The molecular weight excluding hydrogens is 256 g/mol. The fourth-order valence-corrected chi connectivity index (χ4v) is 1.64. The third-order valence-electron chi connectivity index (χ3n) is 2.60. The number of carboxylic acids is 1. The number of para-hydroxylation sites is 2. The molecule has 0 heterocycles. The number of rotatable bonds is 5. The summed E-state index contributed by atoms with van der Waals surface area (Å²) in [6.07, 6.45) is 2.62. The molecule has 0 saturated carbocycles. The largest absolute Gasteiger partial charge is 0.493 e. The third kappa shape index (κ3) is 3.62. The smallest absolute Gasteiger partial charge is 0.328 e. The summed E-state index contributed by atoms with van der Waals surface area (Å²) in [6.45, 7) is 0. The summed E-state index contributed by atoms with van der Waals surface area (Å²) in [5, 5.41) is 8.56. The summed E-state index contributed by atoms with van der Waals surface area (Å²) in [5.74, 6) is 0.965. The van der Waals surface area contributed by atoms with E-state index < -0.39 is 5.97 Å². The fraction of sp³-hybridized carbons (Fsp3) is 0.0625. The number of ether oxygens (including phenoxy) is 2. The minimum Gasteiger partial charge on any atom is -0.493 e. The van der Waals surface area contributed by atoms with Crippen LogP contribution in [0, 0.1) is 0 Å². The van der Waals surface area contributed by atoms with Crippen LogP contribution in [0.5, 0.6) is 17.2 Å². The second-order valence-corrected chi connectivity index (χ2v) is 3.99. The third-order valence-corrected chi connectivity index (χ3v) is 2.60. The van der Waals surface area contributed by atoms with E-state index in [1.165, 1.54) is 6.08 Å². The lowest BCUT2D eigenvalue weighted by molar-refractivity contribution is -0.131. The lowest BCUT2D eigenvalue weighted by Crippen LogP contribution is -1.90. The maximum atomic E-state index is 10.4. The van der Waals surface area contributed by atoms with Crippen LogP contribution in [-0.4, -0.2) is 18.2 Å². The van der Waals surface area contributed by atoms with Gasteiger partial charge in [0.25, 0.3) is 0 Å². The zero-order valence-electron chi connectivity index (χ0n) is 10.9. The Morgan fingerprint density at radius 3 is 2.30 bits per heavy atom. The maximum absolute atomic E-state index is 10.4. The lowest BCUT2D eigenvalue weighted by atomic mass is 10.2. The zero-order valence-corrected chi connectivity index (χ0v) is 10.9. The van der Waals surface area contributed by atoms with E-state index in [9.17, 15) is 4.79 Å². The van der Waals surface area contributed by atoms with Crippen LogP contribution in [0.2, 0.25) is 0 Å². The van der Waals surface area contributed by atoms with Gasteiger partial charge in [0.2, 0.25) is 0 Å². The van der Waals surface area contributed by atoms with Gasteiger partial charge in [-0.2, -0.15) is 0 Å². The van der Waals surface area contributed by atoms with Gasteiger partial charge in [-0.25, -0.2) is 4.79 Å². The van der Waals surface area contributed by atoms with E-state index in [0.29, 0.717) is 17.2 Å². The van der Waals surface area contributed by atoms with Gasteiger partial charge in [-0.3, -0.25) is 0 Å². The molecule has 2 aromatic rings. The van der Waals surface area contributed by atoms with Crippen molar-refractivity contribution in [3.63, 3.8) is 0 Å². The van der Waals surface area contributed by atoms with Crippen LogP contribution in [0.1, 0.15) is 5.56 Å². The van der Waals surface area contributed by atoms with Crippen LogP contribution < -0.4 is 9.47 Å². The van der Waals surface area contributed by atoms with Crippen LogP contribution in [0.3, 0.4) is 0 Å². The first-order valence-corrected chi connectivity index (χ1v) is 6.01. The van der Waals surface area contributed by atoms with Crippen molar-refractivity contribution in [3.05, 3.63) is 60.2 Å². The quantitative estimate of drug-likeness (QED) is 0.844. The lowest BCUT2D eigenvalue weighted by Gasteiger charge is -2.09. The zero-order chi connectivity index (χ0) is 14.4. The SMILES string of the molecule is COc1ccccc1Oc1ccc(/C=C/C(=O)O)cc1. The molecule has 4 nitrogen and oxygen atoms in total. The number of hydrogen-bond acceptors (Lipinski definition) is 3. The van der Waals surface area contributed by atoms with Crippen LogP contribution in [-0.2, 0) is 4.79 Å². The predicted octanol–water partition coefficient (Wildman–Crippen LogP) is 3.59. The molecule has 4 heteroatoms. The molecule has 2 rings (SSSR count). The Labute approximate surface area is 116 Å². The highest BCUT2D eigenvalue weighted by Gasteiger charge is 2.03. The number of carboxylic acid groups (broad SMARTS) is 1. The summed E-state index contributed by atoms with van der Waals surface area (Å²) in [6, 6.07) is 14.5. The minimum absolute atomic E-state index is 0.629. The average molecular weight is 270 g/mol. The van der Waals surface area contributed by atoms with E-state index in [1.54, 1.807) is 31.4 Å². The highest BCUT2D eigenvalue weighted by molar-refractivity contribution is 5.85. The molecule has 20 heavy (non-hydrogen) atoms. The van der Waals surface area contributed by atoms with Gasteiger partial charge in [0, 0.05) is 6.08 Å². The van der Waals surface area contributed by atoms with E-state index in [2.05, 4.69) is 0 Å².